The zero-order valence-electron chi connectivity index (χ0n) is 17.2. The molecule has 7 heteroatoms. The van der Waals surface area contributed by atoms with E-state index in [2.05, 4.69) is 31.2 Å². The summed E-state index contributed by atoms with van der Waals surface area (Å²) in [4.78, 5) is 28.3. The number of imidazole rings is 1. The van der Waals surface area contributed by atoms with Gasteiger partial charge in [0.1, 0.15) is 5.52 Å². The summed E-state index contributed by atoms with van der Waals surface area (Å²) in [5.74, 6) is -0.186. The second-order valence-electron chi connectivity index (χ2n) is 7.94. The number of nitrogens with zero attached hydrogens (tertiary/aromatic N) is 5. The summed E-state index contributed by atoms with van der Waals surface area (Å²) in [6.45, 7) is 3.85. The molecule has 1 saturated heterocycles. The number of aromatic nitrogens is 4. The Labute approximate surface area is 180 Å². The van der Waals surface area contributed by atoms with Crippen molar-refractivity contribution in [1.29, 1.82) is 0 Å². The largest absolute Gasteiger partial charge is 0.322 e. The summed E-state index contributed by atoms with van der Waals surface area (Å²) in [5.41, 5.74) is 5.00. The van der Waals surface area contributed by atoms with E-state index < -0.39 is 0 Å². The van der Waals surface area contributed by atoms with Crippen molar-refractivity contribution >= 4 is 22.8 Å². The van der Waals surface area contributed by atoms with Crippen molar-refractivity contribution in [2.24, 2.45) is 0 Å². The van der Waals surface area contributed by atoms with Crippen LogP contribution in [0.4, 0.5) is 5.69 Å². The molecule has 1 N–H and O–H groups in total. The highest BCUT2D eigenvalue weighted by molar-refractivity contribution is 6.05. The van der Waals surface area contributed by atoms with Crippen LogP contribution in [0.15, 0.2) is 67.4 Å². The van der Waals surface area contributed by atoms with E-state index in [0.29, 0.717) is 17.6 Å². The second kappa shape index (κ2) is 8.65. The molecule has 0 bridgehead atoms. The van der Waals surface area contributed by atoms with Crippen molar-refractivity contribution < 1.29 is 4.79 Å². The zero-order valence-corrected chi connectivity index (χ0v) is 17.2. The Kier molecular flexibility index (Phi) is 5.41. The van der Waals surface area contributed by atoms with Crippen molar-refractivity contribution in [2.45, 2.75) is 25.9 Å². The lowest BCUT2D eigenvalue weighted by Crippen LogP contribution is -2.18. The zero-order chi connectivity index (χ0) is 21.0. The van der Waals surface area contributed by atoms with Gasteiger partial charge in [-0.1, -0.05) is 18.2 Å². The molecule has 1 aromatic carbocycles. The average Bonchev–Trinajstić information content (AvgIpc) is 3.44. The molecule has 0 radical (unpaired) electrons. The van der Waals surface area contributed by atoms with Crippen LogP contribution in [0.1, 0.15) is 34.3 Å². The van der Waals surface area contributed by atoms with E-state index in [9.17, 15) is 4.79 Å². The standard InChI is InChI=1S/C24H24N6O/c31-24(28-21-7-3-5-18(11-21)15-29-9-1-2-10-29)20-12-22-23(26-14-20)30(17-27-22)16-19-6-4-8-25-13-19/h3-8,11-14,17H,1-2,9-10,15-16H2,(H,28,31). The van der Waals surface area contributed by atoms with Crippen molar-refractivity contribution in [2.75, 3.05) is 18.4 Å². The molecule has 0 spiro atoms. The van der Waals surface area contributed by atoms with E-state index >= 15 is 0 Å². The van der Waals surface area contributed by atoms with Crippen LogP contribution in [0.25, 0.3) is 11.2 Å². The first kappa shape index (κ1) is 19.4. The summed E-state index contributed by atoms with van der Waals surface area (Å²) in [6.07, 6.45) is 9.46. The first-order valence-corrected chi connectivity index (χ1v) is 10.6. The Morgan fingerprint density at radius 1 is 0.968 bits per heavy atom. The Bertz CT molecular complexity index is 1200. The van der Waals surface area contributed by atoms with Crippen LogP contribution in [0.3, 0.4) is 0 Å². The molecule has 31 heavy (non-hydrogen) atoms. The number of amides is 1. The fourth-order valence-corrected chi connectivity index (χ4v) is 4.03. The summed E-state index contributed by atoms with van der Waals surface area (Å²) >= 11 is 0. The lowest BCUT2D eigenvalue weighted by Gasteiger charge is -2.15. The maximum Gasteiger partial charge on any atom is 0.257 e. The minimum absolute atomic E-state index is 0.186. The molecular formula is C24H24N6O. The molecular weight excluding hydrogens is 388 g/mol. The molecule has 156 valence electrons. The highest BCUT2D eigenvalue weighted by atomic mass is 16.1. The molecule has 4 aromatic rings. The van der Waals surface area contributed by atoms with Gasteiger partial charge >= 0.3 is 0 Å². The number of carbonyl (C=O) groups is 1. The third-order valence-electron chi connectivity index (χ3n) is 5.58. The van der Waals surface area contributed by atoms with Gasteiger partial charge in [0.15, 0.2) is 5.65 Å². The van der Waals surface area contributed by atoms with Gasteiger partial charge in [0, 0.05) is 30.8 Å². The maximum atomic E-state index is 12.8. The average molecular weight is 412 g/mol. The Morgan fingerprint density at radius 2 is 1.84 bits per heavy atom. The number of nitrogens with one attached hydrogen (secondary N) is 1. The summed E-state index contributed by atoms with van der Waals surface area (Å²) in [6, 6.07) is 13.8. The molecule has 5 rings (SSSR count). The monoisotopic (exact) mass is 412 g/mol. The van der Waals surface area contributed by atoms with E-state index in [-0.39, 0.29) is 5.91 Å². The van der Waals surface area contributed by atoms with Crippen LogP contribution in [-0.4, -0.2) is 43.4 Å². The smallest absolute Gasteiger partial charge is 0.257 e. The van der Waals surface area contributed by atoms with Gasteiger partial charge in [-0.15, -0.1) is 0 Å². The van der Waals surface area contributed by atoms with Gasteiger partial charge in [0.05, 0.1) is 18.4 Å². The number of rotatable bonds is 6. The number of benzene rings is 1. The fraction of sp³-hybridized carbons (Fsp3) is 0.250. The SMILES string of the molecule is O=C(Nc1cccc(CN2CCCC2)c1)c1cnc2c(c1)ncn2Cc1cccnc1. The van der Waals surface area contributed by atoms with E-state index in [4.69, 9.17) is 0 Å². The third-order valence-corrected chi connectivity index (χ3v) is 5.58. The lowest BCUT2D eigenvalue weighted by molar-refractivity contribution is 0.102. The Morgan fingerprint density at radius 3 is 2.68 bits per heavy atom. The summed E-state index contributed by atoms with van der Waals surface area (Å²) in [7, 11) is 0. The van der Waals surface area contributed by atoms with Crippen molar-refractivity contribution in [3.8, 4) is 0 Å². The summed E-state index contributed by atoms with van der Waals surface area (Å²) < 4.78 is 1.95. The summed E-state index contributed by atoms with van der Waals surface area (Å²) in [5, 5.41) is 2.99. The molecule has 1 aliphatic rings. The number of pyridine rings is 2. The van der Waals surface area contributed by atoms with Crippen LogP contribution < -0.4 is 5.32 Å². The number of likely N-dealkylation sites (tertiary alicyclic amines) is 1. The van der Waals surface area contributed by atoms with E-state index in [1.165, 1.54) is 18.4 Å². The number of hydrogen-bond acceptors (Lipinski definition) is 5. The van der Waals surface area contributed by atoms with Gasteiger partial charge in [0.2, 0.25) is 0 Å². The van der Waals surface area contributed by atoms with Crippen LogP contribution in [0.2, 0.25) is 0 Å². The van der Waals surface area contributed by atoms with Gasteiger partial charge in [-0.3, -0.25) is 14.7 Å². The minimum Gasteiger partial charge on any atom is -0.322 e. The predicted octanol–water partition coefficient (Wildman–Crippen LogP) is 3.72. The molecule has 0 unspecified atom stereocenters. The predicted molar refractivity (Wildman–Crippen MR) is 120 cm³/mol. The highest BCUT2D eigenvalue weighted by Gasteiger charge is 2.14. The number of carbonyl (C=O) groups excluding carboxylic acids is 1. The quantitative estimate of drug-likeness (QED) is 0.522. The van der Waals surface area contributed by atoms with E-state index in [0.717, 1.165) is 36.5 Å². The number of fused-ring (bicyclic) bond motifs is 1. The molecule has 1 fully saturated rings. The molecule has 7 nitrogen and oxygen atoms in total. The van der Waals surface area contributed by atoms with Crippen LogP contribution in [-0.2, 0) is 13.1 Å². The van der Waals surface area contributed by atoms with E-state index in [1.807, 2.05) is 41.1 Å². The molecule has 3 aromatic heterocycles. The van der Waals surface area contributed by atoms with Gasteiger partial charge in [-0.25, -0.2) is 9.97 Å². The number of anilines is 1. The Hall–Kier alpha value is -3.58. The minimum atomic E-state index is -0.186. The molecule has 4 heterocycles. The maximum absolute atomic E-state index is 12.8. The van der Waals surface area contributed by atoms with Crippen molar-refractivity contribution in [1.82, 2.24) is 24.4 Å². The molecule has 0 aliphatic carbocycles. The Balaban J connectivity index is 1.30. The molecule has 1 aliphatic heterocycles. The lowest BCUT2D eigenvalue weighted by atomic mass is 10.1. The van der Waals surface area contributed by atoms with Gasteiger partial charge in [-0.05, 0) is 61.3 Å². The molecule has 0 saturated carbocycles. The number of hydrogen-bond donors (Lipinski definition) is 1. The fourth-order valence-electron chi connectivity index (χ4n) is 4.03. The molecule has 1 amide bonds. The van der Waals surface area contributed by atoms with Gasteiger partial charge < -0.3 is 9.88 Å². The van der Waals surface area contributed by atoms with Crippen LogP contribution in [0.5, 0.6) is 0 Å². The molecule has 0 atom stereocenters. The third kappa shape index (κ3) is 4.46. The van der Waals surface area contributed by atoms with Gasteiger partial charge in [-0.2, -0.15) is 0 Å². The van der Waals surface area contributed by atoms with Crippen molar-refractivity contribution in [3.05, 3.63) is 84.1 Å². The first-order valence-electron chi connectivity index (χ1n) is 10.6. The van der Waals surface area contributed by atoms with E-state index in [1.54, 1.807) is 24.8 Å². The topological polar surface area (TPSA) is 75.9 Å². The van der Waals surface area contributed by atoms with Gasteiger partial charge in [0.25, 0.3) is 5.91 Å². The highest BCUT2D eigenvalue weighted by Crippen LogP contribution is 2.18. The van der Waals surface area contributed by atoms with Crippen molar-refractivity contribution in [3.63, 3.8) is 0 Å². The normalized spacial score (nSPS) is 14.2. The first-order chi connectivity index (χ1) is 15.2. The second-order valence-corrected chi connectivity index (χ2v) is 7.94. The van der Waals surface area contributed by atoms with Crippen LogP contribution >= 0.6 is 0 Å². The van der Waals surface area contributed by atoms with Crippen LogP contribution in [0, 0.1) is 0 Å².